The average Bonchev–Trinajstić information content (AvgIpc) is 2.97. The molecule has 0 spiro atoms. The molecule has 0 bridgehead atoms. The minimum Gasteiger partial charge on any atom is -0.481 e. The van der Waals surface area contributed by atoms with Gasteiger partial charge in [-0.2, -0.15) is 4.98 Å². The van der Waals surface area contributed by atoms with Crippen LogP contribution < -0.4 is 15.4 Å². The van der Waals surface area contributed by atoms with E-state index in [0.29, 0.717) is 11.6 Å². The maximum atomic E-state index is 12.4. The van der Waals surface area contributed by atoms with E-state index in [1.165, 1.54) is 7.11 Å². The highest BCUT2D eigenvalue weighted by molar-refractivity contribution is 7.80. The Bertz CT molecular complexity index is 705. The molecule has 0 aliphatic heterocycles. The molecule has 130 valence electrons. The van der Waals surface area contributed by atoms with E-state index in [-0.39, 0.29) is 38.7 Å². The van der Waals surface area contributed by atoms with E-state index < -0.39 is 0 Å². The number of hydrogen-bond acceptors (Lipinski definition) is 5. The second-order valence-electron chi connectivity index (χ2n) is 6.10. The Morgan fingerprint density at radius 3 is 2.67 bits per heavy atom. The molecule has 2 rings (SSSR count). The molecular weight excluding hydrogens is 371 g/mol. The van der Waals surface area contributed by atoms with E-state index in [1.807, 2.05) is 13.8 Å². The van der Waals surface area contributed by atoms with Crippen molar-refractivity contribution >= 4 is 52.4 Å². The Labute approximate surface area is 156 Å². The third-order valence-electron chi connectivity index (χ3n) is 4.00. The maximum absolute atomic E-state index is 12.4. The number of carbonyl (C=O) groups is 1. The van der Waals surface area contributed by atoms with Gasteiger partial charge in [-0.05, 0) is 36.6 Å². The molecule has 0 radical (unpaired) electrons. The van der Waals surface area contributed by atoms with Crippen LogP contribution in [0.5, 0.6) is 5.88 Å². The fourth-order valence-electron chi connectivity index (χ4n) is 2.65. The van der Waals surface area contributed by atoms with Crippen LogP contribution in [0.15, 0.2) is 16.6 Å². The normalized spacial score (nSPS) is 20.8. The number of anilines is 1. The van der Waals surface area contributed by atoms with Crippen molar-refractivity contribution in [2.24, 2.45) is 17.3 Å². The first-order valence-electron chi connectivity index (χ1n) is 7.19. The molecule has 1 aromatic heterocycles. The molecule has 6 nitrogen and oxygen atoms in total. The molecule has 2 N–H and O–H groups in total. The number of hydrogen-bond donors (Lipinski definition) is 2. The van der Waals surface area contributed by atoms with Crippen molar-refractivity contribution in [2.75, 3.05) is 12.4 Å². The SMILES string of the molecule is COc1cc(C)nc(NC(=S)NC(=O)[C@@H]2[C@@H](C=C(Cl)Cl)C2(C)C)n1. The summed E-state index contributed by atoms with van der Waals surface area (Å²) in [6.45, 7) is 5.75. The van der Waals surface area contributed by atoms with Gasteiger partial charge in [-0.15, -0.1) is 0 Å². The molecule has 1 fully saturated rings. The fourth-order valence-corrected chi connectivity index (χ4v) is 3.11. The largest absolute Gasteiger partial charge is 0.481 e. The van der Waals surface area contributed by atoms with Crippen LogP contribution in [0.2, 0.25) is 0 Å². The molecular formula is C15H18Cl2N4O2S. The number of carbonyl (C=O) groups excluding carboxylic acids is 1. The van der Waals surface area contributed by atoms with Crippen LogP contribution in [0.4, 0.5) is 5.95 Å². The van der Waals surface area contributed by atoms with Gasteiger partial charge in [0.25, 0.3) is 0 Å². The third-order valence-corrected chi connectivity index (χ3v) is 4.46. The number of aryl methyl sites for hydroxylation is 1. The quantitative estimate of drug-likeness (QED) is 0.771. The van der Waals surface area contributed by atoms with Crippen molar-refractivity contribution in [2.45, 2.75) is 20.8 Å². The zero-order valence-corrected chi connectivity index (χ0v) is 16.0. The number of ether oxygens (including phenoxy) is 1. The number of nitrogens with zero attached hydrogens (tertiary/aromatic N) is 2. The smallest absolute Gasteiger partial charge is 0.232 e. The van der Waals surface area contributed by atoms with Crippen LogP contribution in [-0.2, 0) is 4.79 Å². The first kappa shape index (κ1) is 18.9. The van der Waals surface area contributed by atoms with Gasteiger partial charge < -0.3 is 15.4 Å². The topological polar surface area (TPSA) is 76.1 Å². The highest BCUT2D eigenvalue weighted by atomic mass is 35.5. The lowest BCUT2D eigenvalue weighted by Gasteiger charge is -2.10. The first-order chi connectivity index (χ1) is 11.1. The van der Waals surface area contributed by atoms with Crippen LogP contribution in [0, 0.1) is 24.2 Å². The summed E-state index contributed by atoms with van der Waals surface area (Å²) in [5.41, 5.74) is 0.487. The lowest BCUT2D eigenvalue weighted by Crippen LogP contribution is -2.36. The summed E-state index contributed by atoms with van der Waals surface area (Å²) >= 11 is 16.5. The summed E-state index contributed by atoms with van der Waals surface area (Å²) in [5, 5.41) is 5.56. The third kappa shape index (κ3) is 4.34. The molecule has 1 aliphatic rings. The average molecular weight is 389 g/mol. The van der Waals surface area contributed by atoms with Crippen molar-refractivity contribution in [1.82, 2.24) is 15.3 Å². The Kier molecular flexibility index (Phi) is 5.67. The van der Waals surface area contributed by atoms with Crippen LogP contribution >= 0.6 is 35.4 Å². The summed E-state index contributed by atoms with van der Waals surface area (Å²) < 4.78 is 5.23. The van der Waals surface area contributed by atoms with Crippen LogP contribution in [-0.4, -0.2) is 28.1 Å². The molecule has 1 aliphatic carbocycles. The van der Waals surface area contributed by atoms with Crippen molar-refractivity contribution < 1.29 is 9.53 Å². The molecule has 1 saturated carbocycles. The minimum absolute atomic E-state index is 0.0272. The van der Waals surface area contributed by atoms with Gasteiger partial charge in [0.1, 0.15) is 4.49 Å². The standard InChI is InChI=1S/C15H18Cl2N4O2S/c1-7-5-10(23-4)19-13(18-7)21-14(24)20-12(22)11-8(6-9(16)17)15(11,2)3/h5-6,8,11H,1-4H3,(H2,18,19,20,21,22,24)/t8-,11+/m1/s1. The fraction of sp³-hybridized carbons (Fsp3) is 0.467. The van der Waals surface area contributed by atoms with Gasteiger partial charge in [0.15, 0.2) is 5.11 Å². The second kappa shape index (κ2) is 7.21. The monoisotopic (exact) mass is 388 g/mol. The molecule has 0 aromatic carbocycles. The molecule has 2 atom stereocenters. The number of amides is 1. The number of halogens is 2. The molecule has 1 amide bonds. The van der Waals surface area contributed by atoms with Crippen LogP contribution in [0.25, 0.3) is 0 Å². The predicted octanol–water partition coefficient (Wildman–Crippen LogP) is 3.20. The summed E-state index contributed by atoms with van der Waals surface area (Å²) in [4.78, 5) is 20.7. The Hall–Kier alpha value is -1.44. The Balaban J connectivity index is 1.99. The van der Waals surface area contributed by atoms with Gasteiger partial charge in [0, 0.05) is 11.8 Å². The summed E-state index contributed by atoms with van der Waals surface area (Å²) in [6, 6.07) is 1.69. The number of thiocarbonyl (C=S) groups is 1. The van der Waals surface area contributed by atoms with Gasteiger partial charge in [-0.1, -0.05) is 37.0 Å². The number of aromatic nitrogens is 2. The number of nitrogens with one attached hydrogen (secondary N) is 2. The molecule has 0 unspecified atom stereocenters. The summed E-state index contributed by atoms with van der Waals surface area (Å²) in [5.74, 6) is 0.183. The lowest BCUT2D eigenvalue weighted by atomic mass is 10.1. The van der Waals surface area contributed by atoms with E-state index in [1.54, 1.807) is 19.1 Å². The van der Waals surface area contributed by atoms with Gasteiger partial charge in [0.2, 0.25) is 17.7 Å². The van der Waals surface area contributed by atoms with Crippen molar-refractivity contribution in [3.8, 4) is 5.88 Å². The van der Waals surface area contributed by atoms with Gasteiger partial charge >= 0.3 is 0 Å². The van der Waals surface area contributed by atoms with Gasteiger partial charge in [0.05, 0.1) is 13.0 Å². The molecule has 24 heavy (non-hydrogen) atoms. The zero-order valence-electron chi connectivity index (χ0n) is 13.7. The van der Waals surface area contributed by atoms with Crippen molar-refractivity contribution in [3.63, 3.8) is 0 Å². The van der Waals surface area contributed by atoms with Crippen molar-refractivity contribution in [1.29, 1.82) is 0 Å². The van der Waals surface area contributed by atoms with Crippen LogP contribution in [0.1, 0.15) is 19.5 Å². The van der Waals surface area contributed by atoms with Crippen molar-refractivity contribution in [3.05, 3.63) is 22.3 Å². The lowest BCUT2D eigenvalue weighted by molar-refractivity contribution is -0.121. The molecule has 1 aromatic rings. The van der Waals surface area contributed by atoms with E-state index in [9.17, 15) is 4.79 Å². The van der Waals surface area contributed by atoms with E-state index in [4.69, 9.17) is 40.2 Å². The Morgan fingerprint density at radius 1 is 1.42 bits per heavy atom. The number of allylic oxidation sites excluding steroid dienone is 1. The Morgan fingerprint density at radius 2 is 2.08 bits per heavy atom. The minimum atomic E-state index is -0.252. The molecule has 1 heterocycles. The highest BCUT2D eigenvalue weighted by Crippen LogP contribution is 2.59. The van der Waals surface area contributed by atoms with Crippen LogP contribution in [0.3, 0.4) is 0 Å². The number of methoxy groups -OCH3 is 1. The van der Waals surface area contributed by atoms with E-state index >= 15 is 0 Å². The number of rotatable bonds is 4. The molecule has 0 saturated heterocycles. The first-order valence-corrected chi connectivity index (χ1v) is 8.36. The zero-order chi connectivity index (χ0) is 18.1. The van der Waals surface area contributed by atoms with Gasteiger partial charge in [-0.25, -0.2) is 4.98 Å². The second-order valence-corrected chi connectivity index (χ2v) is 7.52. The maximum Gasteiger partial charge on any atom is 0.232 e. The predicted molar refractivity (Wildman–Crippen MR) is 98.2 cm³/mol. The molecule has 9 heteroatoms. The summed E-state index contributed by atoms with van der Waals surface area (Å²) in [7, 11) is 1.51. The highest BCUT2D eigenvalue weighted by Gasteiger charge is 2.60. The van der Waals surface area contributed by atoms with E-state index in [2.05, 4.69) is 20.6 Å². The van der Waals surface area contributed by atoms with E-state index in [0.717, 1.165) is 0 Å². The van der Waals surface area contributed by atoms with Gasteiger partial charge in [-0.3, -0.25) is 4.79 Å². The summed E-state index contributed by atoms with van der Waals surface area (Å²) in [6.07, 6.45) is 1.68.